The number of amides is 1. The zero-order valence-corrected chi connectivity index (χ0v) is 14.1. The Kier molecular flexibility index (Phi) is 4.14. The number of hydrogen-bond donors (Lipinski definition) is 1. The molecule has 0 atom stereocenters. The molecule has 0 saturated carbocycles. The smallest absolute Gasteiger partial charge is 0.255 e. The van der Waals surface area contributed by atoms with Crippen molar-refractivity contribution in [2.75, 3.05) is 5.32 Å². The lowest BCUT2D eigenvalue weighted by Crippen LogP contribution is -2.11. The Labute approximate surface area is 153 Å². The second kappa shape index (κ2) is 6.61. The lowest BCUT2D eigenvalue weighted by Gasteiger charge is -2.04. The van der Waals surface area contributed by atoms with Gasteiger partial charge in [-0.25, -0.2) is 9.37 Å². The Balaban J connectivity index is 1.61. The molecule has 26 heavy (non-hydrogen) atoms. The van der Waals surface area contributed by atoms with Crippen molar-refractivity contribution in [1.82, 2.24) is 4.98 Å². The van der Waals surface area contributed by atoms with Gasteiger partial charge in [-0.3, -0.25) is 4.79 Å². The van der Waals surface area contributed by atoms with Crippen molar-refractivity contribution in [2.24, 2.45) is 0 Å². The summed E-state index contributed by atoms with van der Waals surface area (Å²) < 4.78 is 18.7. The molecule has 1 amide bonds. The standard InChI is InChI=1S/C20H12ClFN2O2/c21-14-3-1-2-13(10-14)20-24-17-11-16(8-9-18(17)26-20)23-19(25)12-4-6-15(22)7-5-12/h1-11H,(H,23,25). The molecule has 0 aliphatic heterocycles. The average molecular weight is 367 g/mol. The van der Waals surface area contributed by atoms with Crippen LogP contribution in [-0.4, -0.2) is 10.9 Å². The molecule has 6 heteroatoms. The van der Waals surface area contributed by atoms with Crippen molar-refractivity contribution < 1.29 is 13.6 Å². The number of carbonyl (C=O) groups excluding carboxylic acids is 1. The van der Waals surface area contributed by atoms with Crippen LogP contribution in [-0.2, 0) is 0 Å². The van der Waals surface area contributed by atoms with Crippen LogP contribution in [0.2, 0.25) is 5.02 Å². The first-order chi connectivity index (χ1) is 12.6. The van der Waals surface area contributed by atoms with Crippen LogP contribution in [0.4, 0.5) is 10.1 Å². The first kappa shape index (κ1) is 16.3. The van der Waals surface area contributed by atoms with Gasteiger partial charge in [0.1, 0.15) is 11.3 Å². The molecular weight excluding hydrogens is 355 g/mol. The summed E-state index contributed by atoms with van der Waals surface area (Å²) >= 11 is 6.00. The molecule has 0 aliphatic carbocycles. The van der Waals surface area contributed by atoms with Gasteiger partial charge in [0.05, 0.1) is 0 Å². The molecule has 128 valence electrons. The predicted molar refractivity (Wildman–Crippen MR) is 98.8 cm³/mol. The van der Waals surface area contributed by atoms with Crippen LogP contribution in [0.25, 0.3) is 22.6 Å². The molecule has 0 saturated heterocycles. The summed E-state index contributed by atoms with van der Waals surface area (Å²) in [6.07, 6.45) is 0. The van der Waals surface area contributed by atoms with Crippen molar-refractivity contribution >= 4 is 34.3 Å². The third kappa shape index (κ3) is 3.30. The van der Waals surface area contributed by atoms with Gasteiger partial charge in [0, 0.05) is 21.8 Å². The molecule has 1 heterocycles. The molecule has 0 unspecified atom stereocenters. The lowest BCUT2D eigenvalue weighted by atomic mass is 10.2. The van der Waals surface area contributed by atoms with E-state index in [1.165, 1.54) is 24.3 Å². The molecule has 0 radical (unpaired) electrons. The summed E-state index contributed by atoms with van der Waals surface area (Å²) in [5, 5.41) is 3.36. The van der Waals surface area contributed by atoms with Crippen LogP contribution in [0, 0.1) is 5.82 Å². The fourth-order valence-corrected chi connectivity index (χ4v) is 2.74. The van der Waals surface area contributed by atoms with Gasteiger partial charge in [-0.15, -0.1) is 0 Å². The number of nitrogens with zero attached hydrogens (tertiary/aromatic N) is 1. The molecule has 4 aromatic rings. The molecular formula is C20H12ClFN2O2. The first-order valence-corrected chi connectivity index (χ1v) is 8.20. The number of benzene rings is 3. The van der Waals surface area contributed by atoms with E-state index in [0.717, 1.165) is 5.56 Å². The summed E-state index contributed by atoms with van der Waals surface area (Å²) in [7, 11) is 0. The highest BCUT2D eigenvalue weighted by Gasteiger charge is 2.11. The van der Waals surface area contributed by atoms with Crippen LogP contribution in [0.3, 0.4) is 0 Å². The quantitative estimate of drug-likeness (QED) is 0.518. The maximum absolute atomic E-state index is 13.0. The van der Waals surface area contributed by atoms with Gasteiger partial charge >= 0.3 is 0 Å². The normalized spacial score (nSPS) is 10.8. The molecule has 0 spiro atoms. The van der Waals surface area contributed by atoms with Crippen LogP contribution in [0.5, 0.6) is 0 Å². The van der Waals surface area contributed by atoms with Gasteiger partial charge in [-0.2, -0.15) is 0 Å². The second-order valence-corrected chi connectivity index (χ2v) is 6.11. The van der Waals surface area contributed by atoms with E-state index in [1.54, 1.807) is 30.3 Å². The van der Waals surface area contributed by atoms with Gasteiger partial charge in [-0.1, -0.05) is 17.7 Å². The van der Waals surface area contributed by atoms with Crippen LogP contribution in [0.1, 0.15) is 10.4 Å². The van der Waals surface area contributed by atoms with Crippen molar-refractivity contribution in [3.8, 4) is 11.5 Å². The fourth-order valence-electron chi connectivity index (χ4n) is 2.55. The third-order valence-corrected chi connectivity index (χ3v) is 4.06. The minimum atomic E-state index is -0.390. The topological polar surface area (TPSA) is 55.1 Å². The molecule has 4 nitrogen and oxygen atoms in total. The summed E-state index contributed by atoms with van der Waals surface area (Å²) in [4.78, 5) is 16.7. The average Bonchev–Trinajstić information content (AvgIpc) is 3.05. The lowest BCUT2D eigenvalue weighted by molar-refractivity contribution is 0.102. The predicted octanol–water partition coefficient (Wildman–Crippen LogP) is 5.54. The Hall–Kier alpha value is -3.18. The maximum atomic E-state index is 13.0. The Morgan fingerprint density at radius 2 is 1.85 bits per heavy atom. The van der Waals surface area contributed by atoms with Crippen molar-refractivity contribution in [3.05, 3.63) is 83.1 Å². The Morgan fingerprint density at radius 1 is 1.04 bits per heavy atom. The second-order valence-electron chi connectivity index (χ2n) is 5.67. The largest absolute Gasteiger partial charge is 0.436 e. The van der Waals surface area contributed by atoms with E-state index in [1.807, 2.05) is 12.1 Å². The number of hydrogen-bond acceptors (Lipinski definition) is 3. The van der Waals surface area contributed by atoms with E-state index in [9.17, 15) is 9.18 Å². The van der Waals surface area contributed by atoms with Gasteiger partial charge in [0.15, 0.2) is 5.58 Å². The maximum Gasteiger partial charge on any atom is 0.255 e. The summed E-state index contributed by atoms with van der Waals surface area (Å²) in [5.74, 6) is -0.272. The third-order valence-electron chi connectivity index (χ3n) is 3.82. The zero-order chi connectivity index (χ0) is 18.1. The van der Waals surface area contributed by atoms with Crippen LogP contribution >= 0.6 is 11.6 Å². The number of halogens is 2. The highest BCUT2D eigenvalue weighted by molar-refractivity contribution is 6.30. The van der Waals surface area contributed by atoms with Crippen molar-refractivity contribution in [1.29, 1.82) is 0 Å². The Morgan fingerprint density at radius 3 is 2.62 bits per heavy atom. The van der Waals surface area contributed by atoms with Crippen molar-refractivity contribution in [3.63, 3.8) is 0 Å². The van der Waals surface area contributed by atoms with E-state index in [0.29, 0.717) is 33.3 Å². The molecule has 0 bridgehead atoms. The van der Waals surface area contributed by atoms with Gasteiger partial charge < -0.3 is 9.73 Å². The molecule has 0 fully saturated rings. The molecule has 4 rings (SSSR count). The van der Waals surface area contributed by atoms with Gasteiger partial charge in [0.25, 0.3) is 5.91 Å². The minimum absolute atomic E-state index is 0.331. The molecule has 1 N–H and O–H groups in total. The number of oxazole rings is 1. The van der Waals surface area contributed by atoms with E-state index in [4.69, 9.17) is 16.0 Å². The van der Waals surface area contributed by atoms with E-state index in [-0.39, 0.29) is 11.7 Å². The van der Waals surface area contributed by atoms with Crippen molar-refractivity contribution in [2.45, 2.75) is 0 Å². The van der Waals surface area contributed by atoms with E-state index < -0.39 is 0 Å². The number of aromatic nitrogens is 1. The van der Waals surface area contributed by atoms with E-state index >= 15 is 0 Å². The number of rotatable bonds is 3. The first-order valence-electron chi connectivity index (χ1n) is 7.82. The summed E-state index contributed by atoms with van der Waals surface area (Å²) in [6, 6.07) is 17.7. The highest BCUT2D eigenvalue weighted by atomic mass is 35.5. The minimum Gasteiger partial charge on any atom is -0.436 e. The van der Waals surface area contributed by atoms with Gasteiger partial charge in [0.2, 0.25) is 5.89 Å². The Bertz CT molecular complexity index is 1110. The number of carbonyl (C=O) groups is 1. The number of fused-ring (bicyclic) bond motifs is 1. The highest BCUT2D eigenvalue weighted by Crippen LogP contribution is 2.27. The molecule has 1 aromatic heterocycles. The number of nitrogens with one attached hydrogen (secondary N) is 1. The zero-order valence-electron chi connectivity index (χ0n) is 13.4. The molecule has 0 aliphatic rings. The fraction of sp³-hybridized carbons (Fsp3) is 0. The van der Waals surface area contributed by atoms with E-state index in [2.05, 4.69) is 10.3 Å². The van der Waals surface area contributed by atoms with Crippen LogP contribution in [0.15, 0.2) is 71.1 Å². The number of anilines is 1. The monoisotopic (exact) mass is 366 g/mol. The van der Waals surface area contributed by atoms with Gasteiger partial charge in [-0.05, 0) is 60.7 Å². The SMILES string of the molecule is O=C(Nc1ccc2oc(-c3cccc(Cl)c3)nc2c1)c1ccc(F)cc1. The molecule has 3 aromatic carbocycles. The summed E-state index contributed by atoms with van der Waals surface area (Å²) in [5.41, 5.74) is 2.91. The summed E-state index contributed by atoms with van der Waals surface area (Å²) in [6.45, 7) is 0. The van der Waals surface area contributed by atoms with Crippen LogP contribution < -0.4 is 5.32 Å².